The molecule has 0 saturated heterocycles. The molecule has 0 unspecified atom stereocenters. The number of rotatable bonds is 3. The molecule has 1 amide bonds. The van der Waals surface area contributed by atoms with Gasteiger partial charge in [-0.1, -0.05) is 17.3 Å². The molecular formula is C17H17N5O2. The monoisotopic (exact) mass is 326 g/mol. The van der Waals surface area contributed by atoms with Crippen LogP contribution in [-0.2, 0) is 13.5 Å². The summed E-state index contributed by atoms with van der Waals surface area (Å²) in [6, 6.07) is 5.56. The lowest BCUT2D eigenvalue weighted by molar-refractivity contribution is 0.0936. The number of carbonyl (C=O) groups is 1. The Morgan fingerprint density at radius 3 is 3.17 bits per heavy atom. The summed E-state index contributed by atoms with van der Waals surface area (Å²) in [7, 11) is 1.76. The van der Waals surface area contributed by atoms with Gasteiger partial charge in [-0.3, -0.25) is 9.48 Å². The predicted octanol–water partition coefficient (Wildman–Crippen LogP) is 2.20. The van der Waals surface area contributed by atoms with Crippen LogP contribution in [0.25, 0.3) is 11.4 Å². The third kappa shape index (κ3) is 2.58. The van der Waals surface area contributed by atoms with Crippen LogP contribution in [0.5, 0.6) is 0 Å². The summed E-state index contributed by atoms with van der Waals surface area (Å²) in [5.41, 5.74) is 3.32. The predicted molar refractivity (Wildman–Crippen MR) is 86.2 cm³/mol. The number of hydrogen-bond acceptors (Lipinski definition) is 5. The van der Waals surface area contributed by atoms with Crippen molar-refractivity contribution in [3.8, 4) is 11.4 Å². The van der Waals surface area contributed by atoms with E-state index >= 15 is 0 Å². The quantitative estimate of drug-likeness (QED) is 0.797. The van der Waals surface area contributed by atoms with E-state index in [1.54, 1.807) is 17.9 Å². The van der Waals surface area contributed by atoms with Crippen LogP contribution in [-0.4, -0.2) is 25.8 Å². The van der Waals surface area contributed by atoms with E-state index in [2.05, 4.69) is 20.6 Å². The molecule has 1 aliphatic carbocycles. The minimum Gasteiger partial charge on any atom is -0.345 e. The van der Waals surface area contributed by atoms with Crippen LogP contribution in [0.15, 0.2) is 35.1 Å². The zero-order chi connectivity index (χ0) is 19.2. The van der Waals surface area contributed by atoms with Crippen LogP contribution in [0.1, 0.15) is 44.0 Å². The van der Waals surface area contributed by atoms with Crippen molar-refractivity contribution in [2.75, 3.05) is 0 Å². The Morgan fingerprint density at radius 2 is 2.42 bits per heavy atom. The molecule has 7 nitrogen and oxygen atoms in total. The lowest BCUT2D eigenvalue weighted by atomic mass is 10.0. The van der Waals surface area contributed by atoms with Crippen molar-refractivity contribution < 1.29 is 13.4 Å². The van der Waals surface area contributed by atoms with E-state index in [1.165, 1.54) is 6.20 Å². The lowest BCUT2D eigenvalue weighted by Crippen LogP contribution is -2.26. The maximum absolute atomic E-state index is 12.4. The highest BCUT2D eigenvalue weighted by Crippen LogP contribution is 2.33. The van der Waals surface area contributed by atoms with E-state index in [-0.39, 0.29) is 23.7 Å². The smallest absolute Gasteiger partial charge is 0.254 e. The fourth-order valence-electron chi connectivity index (χ4n) is 3.03. The summed E-state index contributed by atoms with van der Waals surface area (Å²) in [5, 5.41) is 10.8. The maximum Gasteiger partial charge on any atom is 0.254 e. The standard InChI is InChI=1S/C17H17N5O2/c1-10-19-16(21-24-10)12-3-5-14-11(7-12)4-6-15(14)20-17(23)13-8-18-22(2)9-13/h3,5,7-9,15H,4,6H2,1-2H3,(H,20,23)/t15-/m1/s1/i1D3. The van der Waals surface area contributed by atoms with Gasteiger partial charge in [0.1, 0.15) is 0 Å². The normalized spacial score (nSPS) is 18.5. The second kappa shape index (κ2) is 5.59. The number of aryl methyl sites for hydroxylation is 3. The maximum atomic E-state index is 12.4. The summed E-state index contributed by atoms with van der Waals surface area (Å²) >= 11 is 0. The minimum atomic E-state index is -2.43. The first-order valence-electron chi connectivity index (χ1n) is 9.08. The highest BCUT2D eigenvalue weighted by atomic mass is 16.5. The molecule has 1 aromatic carbocycles. The molecule has 122 valence electrons. The van der Waals surface area contributed by atoms with Crippen LogP contribution < -0.4 is 5.32 Å². The Hall–Kier alpha value is -2.96. The number of aromatic nitrogens is 4. The largest absolute Gasteiger partial charge is 0.345 e. The van der Waals surface area contributed by atoms with Gasteiger partial charge in [0.15, 0.2) is 0 Å². The van der Waals surface area contributed by atoms with Gasteiger partial charge >= 0.3 is 0 Å². The van der Waals surface area contributed by atoms with Gasteiger partial charge < -0.3 is 9.84 Å². The highest BCUT2D eigenvalue weighted by molar-refractivity contribution is 5.94. The molecule has 1 aliphatic rings. The van der Waals surface area contributed by atoms with E-state index in [4.69, 9.17) is 8.64 Å². The van der Waals surface area contributed by atoms with Crippen LogP contribution in [0.4, 0.5) is 0 Å². The van der Waals surface area contributed by atoms with Gasteiger partial charge in [0.25, 0.3) is 5.91 Å². The molecule has 24 heavy (non-hydrogen) atoms. The fourth-order valence-corrected chi connectivity index (χ4v) is 3.03. The molecule has 0 saturated carbocycles. The molecule has 0 radical (unpaired) electrons. The summed E-state index contributed by atoms with van der Waals surface area (Å²) < 4.78 is 28.4. The molecule has 2 heterocycles. The topological polar surface area (TPSA) is 85.8 Å². The second-order valence-corrected chi connectivity index (χ2v) is 5.80. The Bertz CT molecular complexity index is 1010. The van der Waals surface area contributed by atoms with Gasteiger partial charge in [0.2, 0.25) is 11.7 Å². The minimum absolute atomic E-state index is 0.0787. The van der Waals surface area contributed by atoms with E-state index in [1.807, 2.05) is 18.2 Å². The molecule has 0 spiro atoms. The van der Waals surface area contributed by atoms with Gasteiger partial charge in [-0.2, -0.15) is 10.1 Å². The fraction of sp³-hybridized carbons (Fsp3) is 0.294. The molecule has 7 heteroatoms. The van der Waals surface area contributed by atoms with Crippen molar-refractivity contribution in [1.82, 2.24) is 25.2 Å². The zero-order valence-corrected chi connectivity index (χ0v) is 13.0. The Labute approximate surface area is 142 Å². The van der Waals surface area contributed by atoms with Gasteiger partial charge in [0, 0.05) is 29.8 Å². The molecule has 3 aromatic rings. The van der Waals surface area contributed by atoms with Crippen LogP contribution in [0.2, 0.25) is 0 Å². The second-order valence-electron chi connectivity index (χ2n) is 5.80. The lowest BCUT2D eigenvalue weighted by Gasteiger charge is -2.13. The van der Waals surface area contributed by atoms with Crippen molar-refractivity contribution in [2.45, 2.75) is 25.7 Å². The third-order valence-electron chi connectivity index (χ3n) is 4.18. The molecule has 0 aliphatic heterocycles. The first-order valence-corrected chi connectivity index (χ1v) is 7.58. The Kier molecular flexibility index (Phi) is 2.69. The average molecular weight is 326 g/mol. The number of benzene rings is 1. The van der Waals surface area contributed by atoms with Gasteiger partial charge in [-0.25, -0.2) is 0 Å². The van der Waals surface area contributed by atoms with Crippen molar-refractivity contribution in [1.29, 1.82) is 0 Å². The van der Waals surface area contributed by atoms with Crippen molar-refractivity contribution in [2.24, 2.45) is 7.05 Å². The van der Waals surface area contributed by atoms with Gasteiger partial charge in [-0.15, -0.1) is 0 Å². The molecule has 0 fully saturated rings. The first-order chi connectivity index (χ1) is 12.8. The summed E-state index contributed by atoms with van der Waals surface area (Å²) in [4.78, 5) is 16.3. The third-order valence-corrected chi connectivity index (χ3v) is 4.18. The molecular weight excluding hydrogens is 306 g/mol. The van der Waals surface area contributed by atoms with Gasteiger partial charge in [-0.05, 0) is 30.0 Å². The van der Waals surface area contributed by atoms with Crippen molar-refractivity contribution >= 4 is 5.91 Å². The molecule has 1 N–H and O–H groups in total. The number of nitrogens with one attached hydrogen (secondary N) is 1. The number of nitrogens with zero attached hydrogens (tertiary/aromatic N) is 4. The van der Waals surface area contributed by atoms with Crippen LogP contribution >= 0.6 is 0 Å². The zero-order valence-electron chi connectivity index (χ0n) is 16.0. The van der Waals surface area contributed by atoms with Crippen molar-refractivity contribution in [3.63, 3.8) is 0 Å². The molecule has 0 bridgehead atoms. The highest BCUT2D eigenvalue weighted by Gasteiger charge is 2.25. The van der Waals surface area contributed by atoms with E-state index in [0.29, 0.717) is 11.1 Å². The van der Waals surface area contributed by atoms with Gasteiger partial charge in [0.05, 0.1) is 17.8 Å². The molecule has 1 atom stereocenters. The number of fused-ring (bicyclic) bond motifs is 1. The molecule has 4 rings (SSSR count). The summed E-state index contributed by atoms with van der Waals surface area (Å²) in [5.74, 6) is -0.295. The van der Waals surface area contributed by atoms with E-state index < -0.39 is 6.85 Å². The van der Waals surface area contributed by atoms with E-state index in [0.717, 1.165) is 24.0 Å². The SMILES string of the molecule is [2H]C([2H])([2H])c1nc(-c2ccc3c(c2)CC[C@H]3NC(=O)c2cnn(C)c2)no1. The van der Waals surface area contributed by atoms with E-state index in [9.17, 15) is 4.79 Å². The molecule has 2 aromatic heterocycles. The number of carbonyl (C=O) groups excluding carboxylic acids is 1. The number of amides is 1. The number of hydrogen-bond donors (Lipinski definition) is 1. The Balaban J connectivity index is 1.54. The average Bonchev–Trinajstić information content (AvgIpc) is 3.33. The summed E-state index contributed by atoms with van der Waals surface area (Å²) in [6.07, 6.45) is 4.79. The first kappa shape index (κ1) is 11.6. The van der Waals surface area contributed by atoms with Crippen LogP contribution in [0.3, 0.4) is 0 Å². The van der Waals surface area contributed by atoms with Crippen LogP contribution in [0, 0.1) is 6.85 Å². The van der Waals surface area contributed by atoms with Crippen molar-refractivity contribution in [3.05, 3.63) is 53.2 Å². The summed E-state index contributed by atoms with van der Waals surface area (Å²) in [6.45, 7) is -2.43. The Morgan fingerprint density at radius 1 is 1.50 bits per heavy atom.